The summed E-state index contributed by atoms with van der Waals surface area (Å²) in [6, 6.07) is 19.2. The summed E-state index contributed by atoms with van der Waals surface area (Å²) in [5, 5.41) is 11.9. The lowest BCUT2D eigenvalue weighted by Gasteiger charge is -2.29. The number of nitrogens with one attached hydrogen (secondary N) is 4. The molecule has 0 saturated carbocycles. The Kier molecular flexibility index (Phi) is 7.54. The van der Waals surface area contributed by atoms with Crippen LogP contribution in [0, 0.1) is 0 Å². The van der Waals surface area contributed by atoms with Crippen molar-refractivity contribution in [1.82, 2.24) is 20.4 Å². The van der Waals surface area contributed by atoms with E-state index in [1.54, 1.807) is 11.0 Å². The highest BCUT2D eigenvalue weighted by Gasteiger charge is 2.40. The van der Waals surface area contributed by atoms with E-state index in [-0.39, 0.29) is 36.1 Å². The van der Waals surface area contributed by atoms with Crippen molar-refractivity contribution in [2.75, 3.05) is 10.6 Å². The van der Waals surface area contributed by atoms with Crippen LogP contribution >= 0.6 is 0 Å². The molecule has 0 aliphatic carbocycles. The number of hydrogen-bond donors (Lipinski definition) is 4. The number of nitrogens with zero attached hydrogens (tertiary/aromatic N) is 2. The van der Waals surface area contributed by atoms with Gasteiger partial charge in [0.1, 0.15) is 6.04 Å². The minimum atomic E-state index is -0.641. The van der Waals surface area contributed by atoms with Crippen molar-refractivity contribution >= 4 is 40.9 Å². The molecule has 7 rings (SSSR count). The van der Waals surface area contributed by atoms with E-state index in [1.807, 2.05) is 18.2 Å². The molecule has 45 heavy (non-hydrogen) atoms. The van der Waals surface area contributed by atoms with Gasteiger partial charge in [-0.1, -0.05) is 42.5 Å². The van der Waals surface area contributed by atoms with Crippen molar-refractivity contribution in [3.63, 3.8) is 0 Å². The molecule has 11 nitrogen and oxygen atoms in total. The molecule has 4 aliphatic heterocycles. The Morgan fingerprint density at radius 3 is 1.84 bits per heavy atom. The summed E-state index contributed by atoms with van der Waals surface area (Å²) in [5.41, 5.74) is 7.94. The number of fused-ring (bicyclic) bond motifs is 2. The number of imide groups is 2. The van der Waals surface area contributed by atoms with Crippen LogP contribution in [-0.4, -0.2) is 51.4 Å². The number of rotatable bonds is 8. The predicted molar refractivity (Wildman–Crippen MR) is 165 cm³/mol. The first-order chi connectivity index (χ1) is 21.8. The highest BCUT2D eigenvalue weighted by atomic mass is 16.2. The summed E-state index contributed by atoms with van der Waals surface area (Å²) in [6.07, 6.45) is 1.48. The molecule has 4 heterocycles. The molecule has 4 N–H and O–H groups in total. The van der Waals surface area contributed by atoms with Gasteiger partial charge in [0.15, 0.2) is 0 Å². The fourth-order valence-corrected chi connectivity index (χ4v) is 6.78. The predicted octanol–water partition coefficient (Wildman–Crippen LogP) is 2.79. The molecule has 4 aliphatic rings. The standard InChI is InChI=1S/C34H34N6O5/c41-30-13-11-28(32(43)37-30)39-17-22-3-1-5-26(24(22)18-39)35-15-20-7-9-21(10-8-20)16-36-27-6-2-4-23-25(27)19-40(34(23)45)29-12-14-31(42)38-33(29)44/h1-10,28-29,35-36H,11-19H2,(H,37,41,43)(H,38,42,44). The SMILES string of the molecule is O=C1CCC(N2Cc3cccc(NCc4ccc(CNc5cccc6c5CN(C5CCC(=O)NC5=O)C6=O)cc4)c3C2)C(=O)N1. The summed E-state index contributed by atoms with van der Waals surface area (Å²) < 4.78 is 0. The monoisotopic (exact) mass is 606 g/mol. The maximum absolute atomic E-state index is 13.1. The number of benzene rings is 3. The van der Waals surface area contributed by atoms with Crippen molar-refractivity contribution in [2.24, 2.45) is 0 Å². The smallest absolute Gasteiger partial charge is 0.255 e. The van der Waals surface area contributed by atoms with Crippen LogP contribution in [0.4, 0.5) is 11.4 Å². The number of piperidine rings is 2. The molecule has 2 unspecified atom stereocenters. The van der Waals surface area contributed by atoms with E-state index in [9.17, 15) is 24.0 Å². The Morgan fingerprint density at radius 2 is 1.22 bits per heavy atom. The molecule has 3 aromatic rings. The molecule has 0 aromatic heterocycles. The van der Waals surface area contributed by atoms with Gasteiger partial charge in [-0.25, -0.2) is 0 Å². The average Bonchev–Trinajstić information content (AvgIpc) is 3.61. The zero-order valence-electron chi connectivity index (χ0n) is 24.7. The van der Waals surface area contributed by atoms with Gasteiger partial charge in [0.2, 0.25) is 23.6 Å². The maximum Gasteiger partial charge on any atom is 0.255 e. The Bertz CT molecular complexity index is 1720. The van der Waals surface area contributed by atoms with Gasteiger partial charge in [-0.05, 0) is 53.3 Å². The van der Waals surface area contributed by atoms with Crippen LogP contribution in [0.15, 0.2) is 60.7 Å². The second-order valence-corrected chi connectivity index (χ2v) is 12.1. The zero-order valence-corrected chi connectivity index (χ0v) is 24.7. The molecule has 2 atom stereocenters. The molecular formula is C34H34N6O5. The fourth-order valence-electron chi connectivity index (χ4n) is 6.78. The third-order valence-electron chi connectivity index (χ3n) is 9.23. The summed E-state index contributed by atoms with van der Waals surface area (Å²) in [6.45, 7) is 2.89. The van der Waals surface area contributed by atoms with Crippen LogP contribution in [0.25, 0.3) is 0 Å². The number of carbonyl (C=O) groups excluding carboxylic acids is 5. The third-order valence-corrected chi connectivity index (χ3v) is 9.23. The zero-order chi connectivity index (χ0) is 31.1. The van der Waals surface area contributed by atoms with E-state index in [1.165, 1.54) is 11.1 Å². The molecule has 230 valence electrons. The van der Waals surface area contributed by atoms with E-state index in [0.29, 0.717) is 57.5 Å². The highest BCUT2D eigenvalue weighted by Crippen LogP contribution is 2.34. The molecule has 3 aromatic carbocycles. The summed E-state index contributed by atoms with van der Waals surface area (Å²) in [4.78, 5) is 64.8. The second kappa shape index (κ2) is 11.8. The van der Waals surface area contributed by atoms with E-state index in [0.717, 1.165) is 28.1 Å². The van der Waals surface area contributed by atoms with E-state index < -0.39 is 11.9 Å². The second-order valence-electron chi connectivity index (χ2n) is 12.1. The fraction of sp³-hybridized carbons (Fsp3) is 0.324. The molecule has 5 amide bonds. The van der Waals surface area contributed by atoms with Crippen LogP contribution in [0.3, 0.4) is 0 Å². The number of amides is 5. The Morgan fingerprint density at radius 1 is 0.644 bits per heavy atom. The Labute approximate surface area is 260 Å². The van der Waals surface area contributed by atoms with Gasteiger partial charge in [-0.2, -0.15) is 0 Å². The van der Waals surface area contributed by atoms with E-state index >= 15 is 0 Å². The normalized spacial score (nSPS) is 21.3. The molecule has 0 radical (unpaired) electrons. The van der Waals surface area contributed by atoms with Crippen molar-refractivity contribution in [3.05, 3.63) is 94.0 Å². The van der Waals surface area contributed by atoms with Crippen LogP contribution in [0.2, 0.25) is 0 Å². The van der Waals surface area contributed by atoms with Gasteiger partial charge in [0.25, 0.3) is 5.91 Å². The molecule has 11 heteroatoms. The van der Waals surface area contributed by atoms with Crippen molar-refractivity contribution in [1.29, 1.82) is 0 Å². The van der Waals surface area contributed by atoms with Gasteiger partial charge in [0, 0.05) is 68.1 Å². The quantitative estimate of drug-likeness (QED) is 0.287. The minimum Gasteiger partial charge on any atom is -0.381 e. The first-order valence-electron chi connectivity index (χ1n) is 15.3. The maximum atomic E-state index is 13.1. The Balaban J connectivity index is 0.953. The van der Waals surface area contributed by atoms with Crippen molar-refractivity contribution in [3.8, 4) is 0 Å². The van der Waals surface area contributed by atoms with Crippen molar-refractivity contribution in [2.45, 2.75) is 70.5 Å². The average molecular weight is 607 g/mol. The molecule has 0 bridgehead atoms. The first-order valence-corrected chi connectivity index (χ1v) is 15.3. The lowest BCUT2D eigenvalue weighted by atomic mass is 10.0. The first kappa shape index (κ1) is 28.7. The lowest BCUT2D eigenvalue weighted by molar-refractivity contribution is -0.138. The van der Waals surface area contributed by atoms with Crippen LogP contribution in [-0.2, 0) is 51.9 Å². The van der Waals surface area contributed by atoms with E-state index in [4.69, 9.17) is 0 Å². The van der Waals surface area contributed by atoms with Gasteiger partial charge < -0.3 is 15.5 Å². The van der Waals surface area contributed by atoms with Crippen LogP contribution in [0.5, 0.6) is 0 Å². The third kappa shape index (κ3) is 5.66. The molecule has 2 fully saturated rings. The summed E-state index contributed by atoms with van der Waals surface area (Å²) in [5.74, 6) is -1.31. The van der Waals surface area contributed by atoms with Crippen LogP contribution < -0.4 is 21.3 Å². The largest absolute Gasteiger partial charge is 0.381 e. The van der Waals surface area contributed by atoms with Gasteiger partial charge in [-0.15, -0.1) is 0 Å². The molecular weight excluding hydrogens is 572 g/mol. The van der Waals surface area contributed by atoms with Gasteiger partial charge >= 0.3 is 0 Å². The summed E-state index contributed by atoms with van der Waals surface area (Å²) >= 11 is 0. The van der Waals surface area contributed by atoms with Gasteiger partial charge in [0.05, 0.1) is 6.04 Å². The number of carbonyl (C=O) groups is 5. The highest BCUT2D eigenvalue weighted by molar-refractivity contribution is 6.06. The van der Waals surface area contributed by atoms with Gasteiger partial charge in [-0.3, -0.25) is 39.5 Å². The van der Waals surface area contributed by atoms with E-state index in [2.05, 4.69) is 62.6 Å². The lowest BCUT2D eigenvalue weighted by Crippen LogP contribution is -2.52. The Hall–Kier alpha value is -5.03. The molecule has 2 saturated heterocycles. The summed E-state index contributed by atoms with van der Waals surface area (Å²) in [7, 11) is 0. The van der Waals surface area contributed by atoms with Crippen molar-refractivity contribution < 1.29 is 24.0 Å². The topological polar surface area (TPSA) is 140 Å². The molecule has 0 spiro atoms. The van der Waals surface area contributed by atoms with Crippen LogP contribution in [0.1, 0.15) is 63.9 Å². The number of anilines is 2. The minimum absolute atomic E-state index is 0.187. The number of hydrogen-bond acceptors (Lipinski definition) is 8.